The fraction of sp³-hybridized carbons (Fsp3) is 0.571. The Bertz CT molecular complexity index is 765. The number of halogens is 3. The molecule has 1 atom stereocenters. The van der Waals surface area contributed by atoms with Crippen LogP contribution in [-0.4, -0.2) is 38.8 Å². The Morgan fingerprint density at radius 2 is 2.24 bits per heavy atom. The SMILES string of the molecule is CN=C(NCc1nc(C(F)(F)F)cs1)NC1CCc2nc(C)nn2C1. The molecule has 1 unspecified atom stereocenters. The van der Waals surface area contributed by atoms with Crippen LogP contribution < -0.4 is 10.6 Å². The summed E-state index contributed by atoms with van der Waals surface area (Å²) in [4.78, 5) is 12.1. The molecule has 136 valence electrons. The summed E-state index contributed by atoms with van der Waals surface area (Å²) in [6.07, 6.45) is -2.71. The van der Waals surface area contributed by atoms with Gasteiger partial charge in [-0.25, -0.2) is 14.6 Å². The highest BCUT2D eigenvalue weighted by Gasteiger charge is 2.33. The first kappa shape index (κ1) is 17.6. The number of fused-ring (bicyclic) bond motifs is 1. The molecule has 1 aliphatic rings. The van der Waals surface area contributed by atoms with Crippen LogP contribution in [-0.2, 0) is 25.7 Å². The van der Waals surface area contributed by atoms with Crippen LogP contribution in [0.25, 0.3) is 0 Å². The van der Waals surface area contributed by atoms with Crippen molar-refractivity contribution in [1.82, 2.24) is 30.4 Å². The largest absolute Gasteiger partial charge is 0.434 e. The van der Waals surface area contributed by atoms with Crippen molar-refractivity contribution in [2.45, 2.75) is 45.1 Å². The van der Waals surface area contributed by atoms with Crippen LogP contribution in [0.1, 0.15) is 28.8 Å². The minimum Gasteiger partial charge on any atom is -0.352 e. The molecule has 0 radical (unpaired) electrons. The van der Waals surface area contributed by atoms with E-state index in [9.17, 15) is 13.2 Å². The van der Waals surface area contributed by atoms with Gasteiger partial charge in [0, 0.05) is 24.9 Å². The number of nitrogens with zero attached hydrogens (tertiary/aromatic N) is 5. The second kappa shape index (κ2) is 6.98. The van der Waals surface area contributed by atoms with Gasteiger partial charge in [-0.1, -0.05) is 0 Å². The molecule has 0 aliphatic carbocycles. The van der Waals surface area contributed by atoms with Gasteiger partial charge in [0.05, 0.1) is 13.1 Å². The zero-order valence-corrected chi connectivity index (χ0v) is 14.6. The molecule has 25 heavy (non-hydrogen) atoms. The summed E-state index contributed by atoms with van der Waals surface area (Å²) >= 11 is 0.970. The number of hydrogen-bond acceptors (Lipinski definition) is 5. The molecule has 0 saturated carbocycles. The maximum absolute atomic E-state index is 12.6. The first-order chi connectivity index (χ1) is 11.8. The Hall–Kier alpha value is -2.17. The molecule has 2 aromatic heterocycles. The van der Waals surface area contributed by atoms with E-state index >= 15 is 0 Å². The third-order valence-corrected chi connectivity index (χ3v) is 4.63. The van der Waals surface area contributed by atoms with Crippen molar-refractivity contribution in [3.8, 4) is 0 Å². The Labute approximate surface area is 146 Å². The molecule has 2 N–H and O–H groups in total. The Kier molecular flexibility index (Phi) is 4.93. The Morgan fingerprint density at radius 3 is 2.92 bits per heavy atom. The number of aromatic nitrogens is 4. The summed E-state index contributed by atoms with van der Waals surface area (Å²) in [5.41, 5.74) is -0.862. The molecule has 0 bridgehead atoms. The smallest absolute Gasteiger partial charge is 0.352 e. The number of thiazole rings is 1. The van der Waals surface area contributed by atoms with Crippen LogP contribution in [0, 0.1) is 6.92 Å². The topological polar surface area (TPSA) is 80.0 Å². The van der Waals surface area contributed by atoms with Gasteiger partial charge in [0.25, 0.3) is 0 Å². The third-order valence-electron chi connectivity index (χ3n) is 3.78. The minimum absolute atomic E-state index is 0.127. The predicted octanol–water partition coefficient (Wildman–Crippen LogP) is 1.74. The maximum Gasteiger partial charge on any atom is 0.434 e. The van der Waals surface area contributed by atoms with Gasteiger partial charge in [0.1, 0.15) is 16.7 Å². The van der Waals surface area contributed by atoms with Gasteiger partial charge < -0.3 is 10.6 Å². The van der Waals surface area contributed by atoms with Gasteiger partial charge in [0.15, 0.2) is 11.7 Å². The van der Waals surface area contributed by atoms with Gasteiger partial charge in [0.2, 0.25) is 0 Å². The average molecular weight is 373 g/mol. The molecule has 2 aromatic rings. The van der Waals surface area contributed by atoms with Crippen LogP contribution in [0.5, 0.6) is 0 Å². The monoisotopic (exact) mass is 373 g/mol. The second-order valence-electron chi connectivity index (χ2n) is 5.69. The molecular formula is C14H18F3N7S. The van der Waals surface area contributed by atoms with E-state index in [-0.39, 0.29) is 12.6 Å². The summed E-state index contributed by atoms with van der Waals surface area (Å²) in [5, 5.41) is 12.0. The van der Waals surface area contributed by atoms with Crippen LogP contribution >= 0.6 is 11.3 Å². The lowest BCUT2D eigenvalue weighted by Gasteiger charge is -2.25. The third kappa shape index (κ3) is 4.27. The van der Waals surface area contributed by atoms with E-state index in [2.05, 4.69) is 30.7 Å². The molecule has 3 rings (SSSR count). The zero-order chi connectivity index (χ0) is 18.0. The van der Waals surface area contributed by atoms with Crippen molar-refractivity contribution >= 4 is 17.3 Å². The fourth-order valence-electron chi connectivity index (χ4n) is 2.62. The molecule has 7 nitrogen and oxygen atoms in total. The summed E-state index contributed by atoms with van der Waals surface area (Å²) < 4.78 is 39.6. The summed E-state index contributed by atoms with van der Waals surface area (Å²) in [7, 11) is 1.62. The highest BCUT2D eigenvalue weighted by molar-refractivity contribution is 7.09. The highest BCUT2D eigenvalue weighted by Crippen LogP contribution is 2.29. The van der Waals surface area contributed by atoms with E-state index in [1.165, 1.54) is 0 Å². The lowest BCUT2D eigenvalue weighted by atomic mass is 10.1. The van der Waals surface area contributed by atoms with Crippen molar-refractivity contribution in [3.63, 3.8) is 0 Å². The zero-order valence-electron chi connectivity index (χ0n) is 13.8. The standard InChI is InChI=1S/C14H18F3N7S/c1-8-20-11-4-3-9(6-24(11)23-8)21-13(18-2)19-5-12-22-10(7-25-12)14(15,16)17/h7,9H,3-6H2,1-2H3,(H2,18,19,21). The van der Waals surface area contributed by atoms with Gasteiger partial charge in [-0.2, -0.15) is 18.3 Å². The highest BCUT2D eigenvalue weighted by atomic mass is 32.1. The van der Waals surface area contributed by atoms with Crippen LogP contribution in [0.15, 0.2) is 10.4 Å². The van der Waals surface area contributed by atoms with E-state index in [1.807, 2.05) is 11.6 Å². The van der Waals surface area contributed by atoms with Crippen LogP contribution in [0.4, 0.5) is 13.2 Å². The van der Waals surface area contributed by atoms with Crippen molar-refractivity contribution in [1.29, 1.82) is 0 Å². The number of aliphatic imine (C=N–C) groups is 1. The van der Waals surface area contributed by atoms with Gasteiger partial charge in [-0.3, -0.25) is 4.99 Å². The lowest BCUT2D eigenvalue weighted by molar-refractivity contribution is -0.140. The van der Waals surface area contributed by atoms with Gasteiger partial charge >= 0.3 is 6.18 Å². The molecule has 0 spiro atoms. The Morgan fingerprint density at radius 1 is 1.44 bits per heavy atom. The normalized spacial score (nSPS) is 18.1. The van der Waals surface area contributed by atoms with Crippen molar-refractivity contribution in [3.05, 3.63) is 27.7 Å². The first-order valence-corrected chi connectivity index (χ1v) is 8.62. The number of guanidine groups is 1. The molecule has 1 aliphatic heterocycles. The van der Waals surface area contributed by atoms with Crippen molar-refractivity contribution < 1.29 is 13.2 Å². The number of rotatable bonds is 3. The Balaban J connectivity index is 1.54. The molecule has 0 fully saturated rings. The van der Waals surface area contributed by atoms with E-state index in [0.29, 0.717) is 17.5 Å². The molecule has 0 aromatic carbocycles. The molecule has 3 heterocycles. The minimum atomic E-state index is -4.41. The first-order valence-electron chi connectivity index (χ1n) is 7.74. The van der Waals surface area contributed by atoms with E-state index in [4.69, 9.17) is 0 Å². The summed E-state index contributed by atoms with van der Waals surface area (Å²) in [6, 6.07) is 0.127. The molecule has 0 saturated heterocycles. The van der Waals surface area contributed by atoms with Crippen LogP contribution in [0.3, 0.4) is 0 Å². The predicted molar refractivity (Wildman–Crippen MR) is 87.3 cm³/mol. The molecule has 11 heteroatoms. The van der Waals surface area contributed by atoms with Gasteiger partial charge in [-0.15, -0.1) is 11.3 Å². The molecular weight excluding hydrogens is 355 g/mol. The summed E-state index contributed by atoms with van der Waals surface area (Å²) in [6.45, 7) is 2.71. The molecule has 0 amide bonds. The second-order valence-corrected chi connectivity index (χ2v) is 6.63. The number of nitrogens with one attached hydrogen (secondary N) is 2. The van der Waals surface area contributed by atoms with Gasteiger partial charge in [-0.05, 0) is 13.3 Å². The maximum atomic E-state index is 12.6. The lowest BCUT2D eigenvalue weighted by Crippen LogP contribution is -2.46. The van der Waals surface area contributed by atoms with Crippen molar-refractivity contribution in [2.75, 3.05) is 7.05 Å². The average Bonchev–Trinajstić information content (AvgIpc) is 3.16. The van der Waals surface area contributed by atoms with Crippen LogP contribution in [0.2, 0.25) is 0 Å². The fourth-order valence-corrected chi connectivity index (χ4v) is 3.36. The van der Waals surface area contributed by atoms with E-state index in [1.54, 1.807) is 7.05 Å². The quantitative estimate of drug-likeness (QED) is 0.633. The number of alkyl halides is 3. The summed E-state index contributed by atoms with van der Waals surface area (Å²) in [5.74, 6) is 2.25. The van der Waals surface area contributed by atoms with Crippen molar-refractivity contribution in [2.24, 2.45) is 4.99 Å². The number of hydrogen-bond donors (Lipinski definition) is 2. The van der Waals surface area contributed by atoms with E-state index in [0.717, 1.165) is 41.2 Å². The van der Waals surface area contributed by atoms with E-state index < -0.39 is 11.9 Å². The number of aryl methyl sites for hydroxylation is 2.